The van der Waals surface area contributed by atoms with Gasteiger partial charge in [-0.3, -0.25) is 14.4 Å². The van der Waals surface area contributed by atoms with Crippen LogP contribution < -0.4 is 16.0 Å². The summed E-state index contributed by atoms with van der Waals surface area (Å²) in [5.41, 5.74) is -1.25. The molecule has 3 rings (SSSR count). The van der Waals surface area contributed by atoms with E-state index in [0.717, 1.165) is 25.1 Å². The third-order valence-electron chi connectivity index (χ3n) is 4.24. The molecule has 3 N–H and O–H groups in total. The van der Waals surface area contributed by atoms with Crippen LogP contribution in [0.25, 0.3) is 0 Å². The molecule has 0 saturated heterocycles. The van der Waals surface area contributed by atoms with Gasteiger partial charge in [-0.05, 0) is 30.7 Å². The van der Waals surface area contributed by atoms with Gasteiger partial charge in [-0.2, -0.15) is 0 Å². The molecule has 0 spiro atoms. The van der Waals surface area contributed by atoms with Crippen molar-refractivity contribution in [3.05, 3.63) is 53.3 Å². The highest BCUT2D eigenvalue weighted by atomic mass is 35.5. The van der Waals surface area contributed by atoms with E-state index in [1.54, 1.807) is 0 Å². The van der Waals surface area contributed by atoms with Crippen LogP contribution in [0, 0.1) is 23.4 Å². The van der Waals surface area contributed by atoms with Gasteiger partial charge < -0.3 is 16.0 Å². The van der Waals surface area contributed by atoms with Gasteiger partial charge in [0.1, 0.15) is 21.8 Å². The van der Waals surface area contributed by atoms with E-state index < -0.39 is 56.7 Å². The van der Waals surface area contributed by atoms with E-state index in [1.807, 2.05) is 0 Å². The molecule has 1 fully saturated rings. The van der Waals surface area contributed by atoms with Crippen LogP contribution in [0.1, 0.15) is 23.7 Å². The molecule has 6 nitrogen and oxygen atoms in total. The first kappa shape index (κ1) is 21.9. The zero-order valence-electron chi connectivity index (χ0n) is 15.3. The minimum atomic E-state index is -1.16. The number of anilines is 3. The molecule has 1 aliphatic carbocycles. The minimum Gasteiger partial charge on any atom is -0.326 e. The summed E-state index contributed by atoms with van der Waals surface area (Å²) in [7, 11) is 0. The van der Waals surface area contributed by atoms with E-state index in [0.29, 0.717) is 6.07 Å². The topological polar surface area (TPSA) is 87.3 Å². The van der Waals surface area contributed by atoms with Crippen molar-refractivity contribution >= 4 is 58.0 Å². The van der Waals surface area contributed by atoms with Gasteiger partial charge in [-0.25, -0.2) is 13.2 Å². The summed E-state index contributed by atoms with van der Waals surface area (Å²) in [4.78, 5) is 35.6. The molecule has 1 atom stereocenters. The third kappa shape index (κ3) is 4.85. The second-order valence-corrected chi connectivity index (χ2v) is 8.19. The quantitative estimate of drug-likeness (QED) is 0.577. The van der Waals surface area contributed by atoms with Gasteiger partial charge >= 0.3 is 0 Å². The van der Waals surface area contributed by atoms with E-state index in [4.69, 9.17) is 23.2 Å². The van der Waals surface area contributed by atoms with Crippen molar-refractivity contribution in [1.29, 1.82) is 0 Å². The number of alkyl halides is 2. The highest BCUT2D eigenvalue weighted by molar-refractivity contribution is 6.52. The van der Waals surface area contributed by atoms with Crippen molar-refractivity contribution in [3.8, 4) is 0 Å². The van der Waals surface area contributed by atoms with Crippen molar-refractivity contribution < 1.29 is 27.6 Å². The summed E-state index contributed by atoms with van der Waals surface area (Å²) in [5.74, 6) is -5.92. The van der Waals surface area contributed by atoms with E-state index in [-0.39, 0.29) is 17.8 Å². The fourth-order valence-corrected chi connectivity index (χ4v) is 3.13. The SMILES string of the molecule is CC(=O)Nc1cc(NC(=O)c2cc(NC(=O)[C@H]3CC3(Cl)Cl)ccc2F)c(F)cc1F. The summed E-state index contributed by atoms with van der Waals surface area (Å²) < 4.78 is 40.7. The Morgan fingerprint density at radius 3 is 2.10 bits per heavy atom. The average molecular weight is 460 g/mol. The van der Waals surface area contributed by atoms with Crippen LogP contribution in [0.4, 0.5) is 30.2 Å². The minimum absolute atomic E-state index is 0.0982. The Hall–Kier alpha value is -2.78. The molecule has 0 heterocycles. The molecule has 0 aromatic heterocycles. The maximum absolute atomic E-state index is 14.1. The standard InChI is InChI=1S/C19H14Cl2F3N3O3/c1-8(28)25-15-6-16(14(24)5-13(15)23)27-17(29)10-4-9(2-3-12(10)22)26-18(30)11-7-19(11,20)21/h2-6,11H,7H2,1H3,(H,25,28)(H,26,30)(H,27,29)/t11-/m1/s1. The molecule has 1 aliphatic rings. The lowest BCUT2D eigenvalue weighted by Crippen LogP contribution is -2.19. The highest BCUT2D eigenvalue weighted by Gasteiger charge is 2.56. The first-order valence-corrected chi connectivity index (χ1v) is 9.30. The molecule has 2 aromatic rings. The summed E-state index contributed by atoms with van der Waals surface area (Å²) in [6.07, 6.45) is 0.261. The number of hydrogen-bond donors (Lipinski definition) is 3. The van der Waals surface area contributed by atoms with Gasteiger partial charge in [0.15, 0.2) is 0 Å². The lowest BCUT2D eigenvalue weighted by Gasteiger charge is -2.12. The van der Waals surface area contributed by atoms with Crippen molar-refractivity contribution in [2.24, 2.45) is 5.92 Å². The van der Waals surface area contributed by atoms with Gasteiger partial charge in [0.2, 0.25) is 11.8 Å². The second kappa shape index (κ2) is 8.16. The second-order valence-electron chi connectivity index (χ2n) is 6.65. The smallest absolute Gasteiger partial charge is 0.258 e. The Morgan fingerprint density at radius 2 is 1.53 bits per heavy atom. The first-order valence-electron chi connectivity index (χ1n) is 8.54. The van der Waals surface area contributed by atoms with Crippen LogP contribution in [0.2, 0.25) is 0 Å². The van der Waals surface area contributed by atoms with Crippen LogP contribution in [-0.4, -0.2) is 22.1 Å². The van der Waals surface area contributed by atoms with Crippen molar-refractivity contribution in [1.82, 2.24) is 0 Å². The fourth-order valence-electron chi connectivity index (χ4n) is 2.62. The third-order valence-corrected chi connectivity index (χ3v) is 5.07. The Morgan fingerprint density at radius 1 is 0.933 bits per heavy atom. The summed E-state index contributed by atoms with van der Waals surface area (Å²) in [6.45, 7) is 1.12. The van der Waals surface area contributed by atoms with E-state index >= 15 is 0 Å². The van der Waals surface area contributed by atoms with E-state index in [2.05, 4.69) is 16.0 Å². The van der Waals surface area contributed by atoms with E-state index in [1.165, 1.54) is 6.07 Å². The number of rotatable bonds is 5. The van der Waals surface area contributed by atoms with Gasteiger partial charge in [-0.15, -0.1) is 23.2 Å². The predicted octanol–water partition coefficient (Wildman–Crippen LogP) is 4.45. The van der Waals surface area contributed by atoms with Crippen LogP contribution in [0.15, 0.2) is 30.3 Å². The number of carbonyl (C=O) groups excluding carboxylic acids is 3. The molecule has 0 aliphatic heterocycles. The summed E-state index contributed by atoms with van der Waals surface area (Å²) in [6, 6.07) is 4.54. The van der Waals surface area contributed by atoms with Crippen molar-refractivity contribution in [3.63, 3.8) is 0 Å². The maximum atomic E-state index is 14.1. The van der Waals surface area contributed by atoms with Crippen LogP contribution in [0.3, 0.4) is 0 Å². The summed E-state index contributed by atoms with van der Waals surface area (Å²) >= 11 is 11.7. The van der Waals surface area contributed by atoms with Crippen LogP contribution in [0.5, 0.6) is 0 Å². The molecule has 1 saturated carbocycles. The van der Waals surface area contributed by atoms with Crippen molar-refractivity contribution in [2.45, 2.75) is 17.7 Å². The monoisotopic (exact) mass is 459 g/mol. The lowest BCUT2D eigenvalue weighted by atomic mass is 10.1. The zero-order chi connectivity index (χ0) is 22.2. The Bertz CT molecular complexity index is 1060. The average Bonchev–Trinajstić information content (AvgIpc) is 3.29. The Labute approximate surface area is 178 Å². The first-order chi connectivity index (χ1) is 14.0. The number of carbonyl (C=O) groups is 3. The number of nitrogens with one attached hydrogen (secondary N) is 3. The molecule has 11 heteroatoms. The fraction of sp³-hybridized carbons (Fsp3) is 0.211. The van der Waals surface area contributed by atoms with Crippen molar-refractivity contribution in [2.75, 3.05) is 16.0 Å². The molecule has 30 heavy (non-hydrogen) atoms. The van der Waals surface area contributed by atoms with Crippen LogP contribution in [-0.2, 0) is 9.59 Å². The summed E-state index contributed by atoms with van der Waals surface area (Å²) in [5, 5.41) is 6.72. The van der Waals surface area contributed by atoms with E-state index in [9.17, 15) is 27.6 Å². The molecule has 2 aromatic carbocycles. The molecule has 3 amide bonds. The molecule has 0 bridgehead atoms. The number of benzene rings is 2. The number of hydrogen-bond acceptors (Lipinski definition) is 3. The Kier molecular flexibility index (Phi) is 5.96. The van der Waals surface area contributed by atoms with Gasteiger partial charge in [0.25, 0.3) is 5.91 Å². The zero-order valence-corrected chi connectivity index (χ0v) is 16.8. The maximum Gasteiger partial charge on any atom is 0.258 e. The normalized spacial score (nSPS) is 16.5. The van der Waals surface area contributed by atoms with Crippen LogP contribution >= 0.6 is 23.2 Å². The molecule has 0 unspecified atom stereocenters. The number of amides is 3. The molecular formula is C19H14Cl2F3N3O3. The molecule has 158 valence electrons. The molecule has 0 radical (unpaired) electrons. The largest absolute Gasteiger partial charge is 0.326 e. The Balaban J connectivity index is 1.80. The van der Waals surface area contributed by atoms with Gasteiger partial charge in [0, 0.05) is 18.7 Å². The van der Waals surface area contributed by atoms with Gasteiger partial charge in [0.05, 0.1) is 22.9 Å². The molecular weight excluding hydrogens is 446 g/mol. The predicted molar refractivity (Wildman–Crippen MR) is 106 cm³/mol. The van der Waals surface area contributed by atoms with Gasteiger partial charge in [-0.1, -0.05) is 0 Å². The number of halogens is 5. The highest BCUT2D eigenvalue weighted by Crippen LogP contribution is 2.53. The lowest BCUT2D eigenvalue weighted by molar-refractivity contribution is -0.117.